The first kappa shape index (κ1) is 12.1. The van der Waals surface area contributed by atoms with Gasteiger partial charge in [-0.05, 0) is 12.2 Å². The lowest BCUT2D eigenvalue weighted by atomic mass is 10.1. The van der Waals surface area contributed by atoms with Crippen LogP contribution >= 0.6 is 12.2 Å². The average molecular weight is 213 g/mol. The van der Waals surface area contributed by atoms with Crippen LogP contribution in [0.3, 0.4) is 0 Å². The molecule has 0 bridgehead atoms. The number of hydrogen-bond acceptors (Lipinski definition) is 4. The molecule has 3 nitrogen and oxygen atoms in total. The van der Waals surface area contributed by atoms with Gasteiger partial charge in [0.15, 0.2) is 5.92 Å². The fraction of sp³-hybridized carbons (Fsp3) is 0.667. The zero-order valence-electron chi connectivity index (χ0n) is 6.59. The highest BCUT2D eigenvalue weighted by Crippen LogP contribution is 2.27. The number of carbonyl (C=O) groups is 1. The molecule has 74 valence electrons. The molecule has 0 aliphatic carbocycles. The summed E-state index contributed by atoms with van der Waals surface area (Å²) in [5.74, 6) is -3.63. The Labute approximate surface area is 77.6 Å². The average Bonchev–Trinajstić information content (AvgIpc) is 2.02. The standard InChI is InChI=1S/C6H6F3NO2S/c1-12-5(11)4(2-10-3-13)6(7,8)9/h4H,2H2,1H3. The number of carbonyl (C=O) groups excluding carboxylic acids is 1. The van der Waals surface area contributed by atoms with E-state index in [4.69, 9.17) is 0 Å². The van der Waals surface area contributed by atoms with Crippen LogP contribution in [0.4, 0.5) is 13.2 Å². The van der Waals surface area contributed by atoms with Crippen LogP contribution in [0.25, 0.3) is 0 Å². The quantitative estimate of drug-likeness (QED) is 0.404. The molecule has 0 amide bonds. The summed E-state index contributed by atoms with van der Waals surface area (Å²) in [5, 5.41) is 1.75. The first-order chi connectivity index (χ1) is 5.93. The molecular weight excluding hydrogens is 207 g/mol. The molecule has 13 heavy (non-hydrogen) atoms. The smallest absolute Gasteiger partial charge is 0.404 e. The summed E-state index contributed by atoms with van der Waals surface area (Å²) in [5.41, 5.74) is 0. The Hall–Kier alpha value is -0.940. The van der Waals surface area contributed by atoms with Gasteiger partial charge in [0, 0.05) is 0 Å². The lowest BCUT2D eigenvalue weighted by Gasteiger charge is -2.14. The Morgan fingerprint density at radius 2 is 2.23 bits per heavy atom. The molecule has 7 heteroatoms. The number of alkyl halides is 3. The van der Waals surface area contributed by atoms with Crippen LogP contribution in [0.15, 0.2) is 4.99 Å². The number of aliphatic imine (C=N–C) groups is 1. The minimum atomic E-state index is -4.66. The number of nitrogens with zero attached hydrogens (tertiary/aromatic N) is 1. The third-order valence-electron chi connectivity index (χ3n) is 1.22. The van der Waals surface area contributed by atoms with Gasteiger partial charge >= 0.3 is 12.1 Å². The van der Waals surface area contributed by atoms with E-state index in [0.29, 0.717) is 0 Å². The number of ether oxygens (including phenoxy) is 1. The highest BCUT2D eigenvalue weighted by atomic mass is 32.1. The van der Waals surface area contributed by atoms with Gasteiger partial charge in [0.25, 0.3) is 0 Å². The van der Waals surface area contributed by atoms with E-state index < -0.39 is 24.6 Å². The maximum atomic E-state index is 12.1. The number of isothiocyanates is 1. The van der Waals surface area contributed by atoms with E-state index in [1.807, 2.05) is 0 Å². The van der Waals surface area contributed by atoms with Gasteiger partial charge in [0.05, 0.1) is 18.8 Å². The Balaban J connectivity index is 4.55. The van der Waals surface area contributed by atoms with Gasteiger partial charge in [-0.3, -0.25) is 4.79 Å². The van der Waals surface area contributed by atoms with Crippen molar-refractivity contribution in [2.45, 2.75) is 6.18 Å². The zero-order valence-corrected chi connectivity index (χ0v) is 7.41. The van der Waals surface area contributed by atoms with E-state index in [9.17, 15) is 18.0 Å². The monoisotopic (exact) mass is 213 g/mol. The molecule has 0 spiro atoms. The molecule has 1 unspecified atom stereocenters. The molecule has 0 saturated carbocycles. The second-order valence-corrected chi connectivity index (χ2v) is 2.23. The molecule has 0 aliphatic heterocycles. The van der Waals surface area contributed by atoms with Crippen molar-refractivity contribution >= 4 is 23.3 Å². The molecule has 0 heterocycles. The Morgan fingerprint density at radius 3 is 2.54 bits per heavy atom. The van der Waals surface area contributed by atoms with Crippen molar-refractivity contribution in [3.8, 4) is 0 Å². The Morgan fingerprint density at radius 1 is 1.69 bits per heavy atom. The van der Waals surface area contributed by atoms with Crippen molar-refractivity contribution in [2.24, 2.45) is 10.9 Å². The first-order valence-electron chi connectivity index (χ1n) is 3.11. The molecule has 1 atom stereocenters. The number of halogens is 3. The van der Waals surface area contributed by atoms with Crippen molar-refractivity contribution in [1.82, 2.24) is 0 Å². The number of hydrogen-bond donors (Lipinski definition) is 0. The van der Waals surface area contributed by atoms with Crippen molar-refractivity contribution < 1.29 is 22.7 Å². The number of thiocarbonyl (C=S) groups is 1. The van der Waals surface area contributed by atoms with Gasteiger partial charge in [-0.15, -0.1) is 0 Å². The third-order valence-corrected chi connectivity index (χ3v) is 1.35. The summed E-state index contributed by atoms with van der Waals surface area (Å²) < 4.78 is 40.1. The summed E-state index contributed by atoms with van der Waals surface area (Å²) in [7, 11) is 0.877. The van der Waals surface area contributed by atoms with Gasteiger partial charge < -0.3 is 4.74 Å². The fourth-order valence-electron chi connectivity index (χ4n) is 0.582. The molecule has 0 saturated heterocycles. The maximum absolute atomic E-state index is 12.1. The number of rotatable bonds is 3. The van der Waals surface area contributed by atoms with Crippen LogP contribution in [0, 0.1) is 5.92 Å². The minimum absolute atomic E-state index is 0.778. The maximum Gasteiger partial charge on any atom is 0.404 e. The van der Waals surface area contributed by atoms with Crippen LogP contribution in [-0.2, 0) is 9.53 Å². The number of esters is 1. The van der Waals surface area contributed by atoms with E-state index in [1.54, 1.807) is 5.16 Å². The lowest BCUT2D eigenvalue weighted by molar-refractivity contribution is -0.193. The van der Waals surface area contributed by atoms with E-state index in [-0.39, 0.29) is 0 Å². The van der Waals surface area contributed by atoms with E-state index >= 15 is 0 Å². The van der Waals surface area contributed by atoms with Crippen LogP contribution in [0.1, 0.15) is 0 Å². The predicted molar refractivity (Wildman–Crippen MR) is 41.5 cm³/mol. The van der Waals surface area contributed by atoms with Gasteiger partial charge in [-0.2, -0.15) is 13.2 Å². The number of methoxy groups -OCH3 is 1. The highest BCUT2D eigenvalue weighted by molar-refractivity contribution is 7.78. The summed E-state index contributed by atoms with van der Waals surface area (Å²) in [6.07, 6.45) is -4.66. The van der Waals surface area contributed by atoms with Crippen molar-refractivity contribution in [3.63, 3.8) is 0 Å². The molecule has 0 aliphatic rings. The van der Waals surface area contributed by atoms with Crippen LogP contribution in [0.5, 0.6) is 0 Å². The van der Waals surface area contributed by atoms with Gasteiger partial charge in [-0.1, -0.05) is 0 Å². The predicted octanol–water partition coefficient (Wildman–Crippen LogP) is 1.44. The van der Waals surface area contributed by atoms with E-state index in [2.05, 4.69) is 21.9 Å². The van der Waals surface area contributed by atoms with Crippen LogP contribution in [0.2, 0.25) is 0 Å². The molecule has 0 N–H and O–H groups in total. The Bertz CT molecular complexity index is 235. The van der Waals surface area contributed by atoms with E-state index in [0.717, 1.165) is 7.11 Å². The summed E-state index contributed by atoms with van der Waals surface area (Å²) in [6, 6.07) is 0. The molecule has 0 radical (unpaired) electrons. The van der Waals surface area contributed by atoms with Gasteiger partial charge in [-0.25, -0.2) is 4.99 Å². The normalized spacial score (nSPS) is 12.9. The molecule has 0 aromatic heterocycles. The van der Waals surface area contributed by atoms with Crippen molar-refractivity contribution in [3.05, 3.63) is 0 Å². The topological polar surface area (TPSA) is 38.7 Å². The SMILES string of the molecule is COC(=O)C(CN=C=S)C(F)(F)F. The van der Waals surface area contributed by atoms with Crippen molar-refractivity contribution in [2.75, 3.05) is 13.7 Å². The Kier molecular flexibility index (Phi) is 4.58. The minimum Gasteiger partial charge on any atom is -0.468 e. The van der Waals surface area contributed by atoms with Crippen molar-refractivity contribution in [1.29, 1.82) is 0 Å². The fourth-order valence-corrected chi connectivity index (χ4v) is 0.657. The molecule has 0 aromatic carbocycles. The van der Waals surface area contributed by atoms with Gasteiger partial charge in [0.2, 0.25) is 0 Å². The second kappa shape index (κ2) is 4.94. The molecule has 0 aromatic rings. The summed E-state index contributed by atoms with van der Waals surface area (Å²) in [6.45, 7) is -0.778. The second-order valence-electron chi connectivity index (χ2n) is 2.05. The summed E-state index contributed by atoms with van der Waals surface area (Å²) in [4.78, 5) is 13.7. The van der Waals surface area contributed by atoms with Gasteiger partial charge in [0.1, 0.15) is 0 Å². The van der Waals surface area contributed by atoms with E-state index in [1.165, 1.54) is 0 Å². The lowest BCUT2D eigenvalue weighted by Crippen LogP contribution is -2.33. The largest absolute Gasteiger partial charge is 0.468 e. The third kappa shape index (κ3) is 4.00. The molecule has 0 rings (SSSR count). The molecular formula is C6H6F3NO2S. The van der Waals surface area contributed by atoms with Crippen LogP contribution in [-0.4, -0.2) is 31.0 Å². The zero-order chi connectivity index (χ0) is 10.5. The summed E-state index contributed by atoms with van der Waals surface area (Å²) >= 11 is 4.08. The van der Waals surface area contributed by atoms with Crippen LogP contribution < -0.4 is 0 Å². The molecule has 0 fully saturated rings. The first-order valence-corrected chi connectivity index (χ1v) is 3.52. The highest BCUT2D eigenvalue weighted by Gasteiger charge is 2.45.